The Balaban J connectivity index is 1.79. The molecule has 2 rings (SSSR count). The first-order valence-corrected chi connectivity index (χ1v) is 8.25. The third-order valence-corrected chi connectivity index (χ3v) is 3.91. The molecule has 8 heteroatoms. The molecular weight excluding hydrogens is 367 g/mol. The van der Waals surface area contributed by atoms with Crippen LogP contribution in [0.2, 0.25) is 10.0 Å². The third-order valence-electron chi connectivity index (χ3n) is 3.38. The minimum atomic E-state index is -0.458. The number of nitro groups is 1. The van der Waals surface area contributed by atoms with E-state index in [1.54, 1.807) is 31.2 Å². The molecular formula is C17H16Cl2N2O4. The fourth-order valence-corrected chi connectivity index (χ4v) is 2.63. The average Bonchev–Trinajstić information content (AvgIpc) is 2.53. The number of hydrogen-bond donors (Lipinski definition) is 1. The van der Waals surface area contributed by atoms with Crippen molar-refractivity contribution in [2.24, 2.45) is 0 Å². The molecule has 0 aromatic heterocycles. The first-order valence-electron chi connectivity index (χ1n) is 7.49. The van der Waals surface area contributed by atoms with Crippen LogP contribution in [0.3, 0.4) is 0 Å². The van der Waals surface area contributed by atoms with Crippen molar-refractivity contribution in [3.63, 3.8) is 0 Å². The van der Waals surface area contributed by atoms with Crippen LogP contribution < -0.4 is 10.1 Å². The largest absolute Gasteiger partial charge is 0.492 e. The summed E-state index contributed by atoms with van der Waals surface area (Å²) in [5.41, 5.74) is 1.03. The van der Waals surface area contributed by atoms with Gasteiger partial charge in [-0.2, -0.15) is 0 Å². The van der Waals surface area contributed by atoms with Gasteiger partial charge in [-0.25, -0.2) is 0 Å². The van der Waals surface area contributed by atoms with E-state index in [0.717, 1.165) is 0 Å². The average molecular weight is 383 g/mol. The lowest BCUT2D eigenvalue weighted by Gasteiger charge is -2.09. The van der Waals surface area contributed by atoms with E-state index in [-0.39, 0.29) is 18.0 Å². The van der Waals surface area contributed by atoms with Gasteiger partial charge in [0, 0.05) is 28.8 Å². The highest BCUT2D eigenvalue weighted by Crippen LogP contribution is 2.27. The van der Waals surface area contributed by atoms with Crippen molar-refractivity contribution in [2.45, 2.75) is 19.8 Å². The number of hydrogen-bond acceptors (Lipinski definition) is 4. The zero-order chi connectivity index (χ0) is 18.4. The summed E-state index contributed by atoms with van der Waals surface area (Å²) >= 11 is 11.8. The Morgan fingerprint density at radius 3 is 2.64 bits per heavy atom. The molecule has 1 N–H and O–H groups in total. The van der Waals surface area contributed by atoms with Crippen molar-refractivity contribution in [3.05, 3.63) is 62.1 Å². The van der Waals surface area contributed by atoms with E-state index in [4.69, 9.17) is 27.9 Å². The van der Waals surface area contributed by atoms with E-state index in [0.29, 0.717) is 40.1 Å². The van der Waals surface area contributed by atoms with Crippen LogP contribution in [0.1, 0.15) is 18.4 Å². The Kier molecular flexibility index (Phi) is 6.61. The van der Waals surface area contributed by atoms with Gasteiger partial charge in [-0.1, -0.05) is 23.2 Å². The van der Waals surface area contributed by atoms with Crippen molar-refractivity contribution >= 4 is 40.5 Å². The molecule has 6 nitrogen and oxygen atoms in total. The van der Waals surface area contributed by atoms with Crippen molar-refractivity contribution in [2.75, 3.05) is 11.9 Å². The summed E-state index contributed by atoms with van der Waals surface area (Å²) in [5.74, 6) is 0.316. The lowest BCUT2D eigenvalue weighted by molar-refractivity contribution is -0.385. The molecule has 0 heterocycles. The van der Waals surface area contributed by atoms with Crippen molar-refractivity contribution in [3.8, 4) is 5.75 Å². The number of amides is 1. The number of nitro benzene ring substituents is 1. The van der Waals surface area contributed by atoms with Crippen LogP contribution in [-0.4, -0.2) is 17.4 Å². The monoisotopic (exact) mass is 382 g/mol. The number of carbonyl (C=O) groups excluding carboxylic acids is 1. The fourth-order valence-electron chi connectivity index (χ4n) is 2.17. The topological polar surface area (TPSA) is 81.5 Å². The highest BCUT2D eigenvalue weighted by atomic mass is 35.5. The van der Waals surface area contributed by atoms with Gasteiger partial charge in [0.1, 0.15) is 5.75 Å². The molecule has 0 unspecified atom stereocenters. The molecule has 2 aromatic carbocycles. The van der Waals surface area contributed by atoms with Gasteiger partial charge >= 0.3 is 0 Å². The highest BCUT2D eigenvalue weighted by Gasteiger charge is 2.11. The van der Waals surface area contributed by atoms with E-state index in [2.05, 4.69) is 5.32 Å². The number of halogens is 2. The number of anilines is 1. The van der Waals surface area contributed by atoms with Crippen molar-refractivity contribution < 1.29 is 14.5 Å². The standard InChI is InChI=1S/C17H16Cl2N2O4/c1-11-9-13(5-6-15(11)21(23)24)20-17(22)3-2-8-25-16-7-4-12(18)10-14(16)19/h4-7,9-10H,2-3,8H2,1H3,(H,20,22). The highest BCUT2D eigenvalue weighted by molar-refractivity contribution is 6.35. The second-order valence-electron chi connectivity index (χ2n) is 5.33. The van der Waals surface area contributed by atoms with Crippen LogP contribution in [0.15, 0.2) is 36.4 Å². The normalized spacial score (nSPS) is 10.4. The van der Waals surface area contributed by atoms with Crippen LogP contribution in [0.5, 0.6) is 5.75 Å². The number of carbonyl (C=O) groups is 1. The van der Waals surface area contributed by atoms with E-state index in [1.165, 1.54) is 12.1 Å². The van der Waals surface area contributed by atoms with Gasteiger partial charge in [-0.15, -0.1) is 0 Å². The predicted octanol–water partition coefficient (Wildman–Crippen LogP) is 5.01. The smallest absolute Gasteiger partial charge is 0.272 e. The molecule has 0 fully saturated rings. The fraction of sp³-hybridized carbons (Fsp3) is 0.235. The third kappa shape index (κ3) is 5.62. The van der Waals surface area contributed by atoms with Gasteiger partial charge in [0.2, 0.25) is 5.91 Å². The van der Waals surface area contributed by atoms with Gasteiger partial charge < -0.3 is 10.1 Å². The molecule has 2 aromatic rings. The summed E-state index contributed by atoms with van der Waals surface area (Å²) < 4.78 is 5.51. The summed E-state index contributed by atoms with van der Waals surface area (Å²) in [4.78, 5) is 22.2. The Bertz CT molecular complexity index is 796. The van der Waals surface area contributed by atoms with E-state index < -0.39 is 4.92 Å². The summed E-state index contributed by atoms with van der Waals surface area (Å²) in [7, 11) is 0. The van der Waals surface area contributed by atoms with Crippen LogP contribution >= 0.6 is 23.2 Å². The SMILES string of the molecule is Cc1cc(NC(=O)CCCOc2ccc(Cl)cc2Cl)ccc1[N+](=O)[O-]. The van der Waals surface area contributed by atoms with E-state index >= 15 is 0 Å². The molecule has 0 saturated heterocycles. The van der Waals surface area contributed by atoms with Crippen LogP contribution in [0.25, 0.3) is 0 Å². The zero-order valence-corrected chi connectivity index (χ0v) is 14.9. The molecule has 0 bridgehead atoms. The van der Waals surface area contributed by atoms with Gasteiger partial charge in [0.25, 0.3) is 5.69 Å². The number of rotatable bonds is 7. The Morgan fingerprint density at radius 1 is 1.24 bits per heavy atom. The molecule has 0 aliphatic rings. The molecule has 0 atom stereocenters. The minimum Gasteiger partial charge on any atom is -0.492 e. The number of aryl methyl sites for hydroxylation is 1. The predicted molar refractivity (Wildman–Crippen MR) is 97.7 cm³/mol. The Morgan fingerprint density at radius 2 is 2.00 bits per heavy atom. The molecule has 0 saturated carbocycles. The molecule has 0 radical (unpaired) electrons. The lowest BCUT2D eigenvalue weighted by Crippen LogP contribution is -2.13. The lowest BCUT2D eigenvalue weighted by atomic mass is 10.2. The molecule has 0 aliphatic heterocycles. The summed E-state index contributed by atoms with van der Waals surface area (Å²) in [5, 5.41) is 14.4. The molecule has 132 valence electrons. The number of benzene rings is 2. The van der Waals surface area contributed by atoms with E-state index in [9.17, 15) is 14.9 Å². The zero-order valence-electron chi connectivity index (χ0n) is 13.4. The maximum absolute atomic E-state index is 11.9. The first kappa shape index (κ1) is 19.0. The Labute approximate surface area is 154 Å². The second kappa shape index (κ2) is 8.69. The van der Waals surface area contributed by atoms with Crippen LogP contribution in [0.4, 0.5) is 11.4 Å². The maximum Gasteiger partial charge on any atom is 0.272 e. The van der Waals surface area contributed by atoms with Gasteiger partial charge in [0.05, 0.1) is 16.6 Å². The summed E-state index contributed by atoms with van der Waals surface area (Å²) in [6, 6.07) is 9.38. The van der Waals surface area contributed by atoms with Gasteiger partial charge in [-0.05, 0) is 43.7 Å². The van der Waals surface area contributed by atoms with Gasteiger partial charge in [0.15, 0.2) is 0 Å². The Hall–Kier alpha value is -2.31. The minimum absolute atomic E-state index is 0.0197. The first-order chi connectivity index (χ1) is 11.9. The second-order valence-corrected chi connectivity index (χ2v) is 6.18. The van der Waals surface area contributed by atoms with Gasteiger partial charge in [-0.3, -0.25) is 14.9 Å². The van der Waals surface area contributed by atoms with E-state index in [1.807, 2.05) is 0 Å². The summed E-state index contributed by atoms with van der Waals surface area (Å²) in [6.07, 6.45) is 0.748. The number of ether oxygens (including phenoxy) is 1. The number of nitrogens with one attached hydrogen (secondary N) is 1. The van der Waals surface area contributed by atoms with Crippen LogP contribution in [-0.2, 0) is 4.79 Å². The number of nitrogens with zero attached hydrogens (tertiary/aromatic N) is 1. The van der Waals surface area contributed by atoms with Crippen molar-refractivity contribution in [1.29, 1.82) is 0 Å². The quantitative estimate of drug-likeness (QED) is 0.414. The van der Waals surface area contributed by atoms with Crippen molar-refractivity contribution in [1.82, 2.24) is 0 Å². The molecule has 0 aliphatic carbocycles. The molecule has 1 amide bonds. The van der Waals surface area contributed by atoms with Crippen LogP contribution in [0, 0.1) is 17.0 Å². The summed E-state index contributed by atoms with van der Waals surface area (Å²) in [6.45, 7) is 1.95. The maximum atomic E-state index is 11.9. The molecule has 0 spiro atoms. The molecule has 25 heavy (non-hydrogen) atoms.